The van der Waals surface area contributed by atoms with Gasteiger partial charge in [0.25, 0.3) is 11.8 Å². The van der Waals surface area contributed by atoms with Crippen molar-refractivity contribution in [2.24, 2.45) is 0 Å². The zero-order valence-corrected chi connectivity index (χ0v) is 14.8. The molecule has 1 aliphatic heterocycles. The fraction of sp³-hybridized carbons (Fsp3) is 0.263. The lowest BCUT2D eigenvalue weighted by molar-refractivity contribution is -0.130. The van der Waals surface area contributed by atoms with E-state index in [1.807, 2.05) is 0 Å². The number of aromatic nitrogens is 1. The Balaban J connectivity index is 1.67. The van der Waals surface area contributed by atoms with Crippen molar-refractivity contribution < 1.29 is 18.8 Å². The predicted molar refractivity (Wildman–Crippen MR) is 96.7 cm³/mol. The van der Waals surface area contributed by atoms with Crippen LogP contribution >= 0.6 is 0 Å². The van der Waals surface area contributed by atoms with Crippen LogP contribution in [0.4, 0.5) is 10.1 Å². The summed E-state index contributed by atoms with van der Waals surface area (Å²) in [5, 5.41) is 2.61. The van der Waals surface area contributed by atoms with Gasteiger partial charge in [-0.25, -0.2) is 4.39 Å². The molecule has 27 heavy (non-hydrogen) atoms. The van der Waals surface area contributed by atoms with Crippen molar-refractivity contribution in [3.05, 3.63) is 59.7 Å². The van der Waals surface area contributed by atoms with Crippen molar-refractivity contribution in [3.63, 3.8) is 0 Å². The number of rotatable bonds is 3. The summed E-state index contributed by atoms with van der Waals surface area (Å²) in [6.45, 7) is 3.37. The number of carbonyl (C=O) groups excluding carboxylic acids is 3. The van der Waals surface area contributed by atoms with Crippen molar-refractivity contribution >= 4 is 23.4 Å². The van der Waals surface area contributed by atoms with Crippen LogP contribution in [0.1, 0.15) is 27.8 Å². The van der Waals surface area contributed by atoms with E-state index in [9.17, 15) is 18.8 Å². The number of nitrogens with one attached hydrogen (secondary N) is 1. The van der Waals surface area contributed by atoms with Gasteiger partial charge in [0.15, 0.2) is 0 Å². The van der Waals surface area contributed by atoms with Gasteiger partial charge < -0.3 is 15.1 Å². The molecule has 3 rings (SSSR count). The Morgan fingerprint density at radius 1 is 1.00 bits per heavy atom. The lowest BCUT2D eigenvalue weighted by atomic mass is 10.1. The Hall–Kier alpha value is -3.29. The van der Waals surface area contributed by atoms with Crippen LogP contribution in [0.3, 0.4) is 0 Å². The third-order valence-corrected chi connectivity index (χ3v) is 4.35. The highest BCUT2D eigenvalue weighted by Gasteiger charge is 2.24. The number of pyridine rings is 1. The number of carbonyl (C=O) groups is 3. The second-order valence-corrected chi connectivity index (χ2v) is 6.19. The fourth-order valence-corrected chi connectivity index (χ4v) is 2.82. The van der Waals surface area contributed by atoms with Crippen LogP contribution in [-0.2, 0) is 4.79 Å². The van der Waals surface area contributed by atoms with Gasteiger partial charge in [0.1, 0.15) is 11.5 Å². The van der Waals surface area contributed by atoms with Gasteiger partial charge in [-0.05, 0) is 36.4 Å². The molecule has 2 heterocycles. The second-order valence-electron chi connectivity index (χ2n) is 6.19. The van der Waals surface area contributed by atoms with E-state index in [0.29, 0.717) is 37.4 Å². The number of hydrogen-bond donors (Lipinski definition) is 1. The van der Waals surface area contributed by atoms with Crippen LogP contribution in [0.15, 0.2) is 42.6 Å². The smallest absolute Gasteiger partial charge is 0.274 e. The number of anilines is 1. The summed E-state index contributed by atoms with van der Waals surface area (Å²) in [5.74, 6) is -1.11. The van der Waals surface area contributed by atoms with E-state index in [1.165, 1.54) is 43.5 Å². The lowest BCUT2D eigenvalue weighted by Gasteiger charge is -2.34. The standard InChI is InChI=1S/C19H19FN4O3/c1-13(25)23-8-10-24(11-9-23)19(27)14-6-7-21-17(12-14)18(26)22-16-4-2-15(20)3-5-16/h2-7,12H,8-11H2,1H3,(H,22,26). The number of benzene rings is 1. The van der Waals surface area contributed by atoms with Gasteiger partial charge in [0.2, 0.25) is 5.91 Å². The molecule has 1 saturated heterocycles. The summed E-state index contributed by atoms with van der Waals surface area (Å²) in [6, 6.07) is 8.34. The van der Waals surface area contributed by atoms with E-state index in [-0.39, 0.29) is 17.5 Å². The van der Waals surface area contributed by atoms with Crippen molar-refractivity contribution in [1.29, 1.82) is 0 Å². The van der Waals surface area contributed by atoms with Crippen LogP contribution in [-0.4, -0.2) is 58.7 Å². The minimum Gasteiger partial charge on any atom is -0.339 e. The molecule has 8 heteroatoms. The third-order valence-electron chi connectivity index (χ3n) is 4.35. The molecule has 0 spiro atoms. The normalized spacial score (nSPS) is 14.0. The van der Waals surface area contributed by atoms with Gasteiger partial charge in [-0.15, -0.1) is 0 Å². The Morgan fingerprint density at radius 2 is 1.63 bits per heavy atom. The zero-order chi connectivity index (χ0) is 19.4. The van der Waals surface area contributed by atoms with Gasteiger partial charge in [-0.3, -0.25) is 19.4 Å². The van der Waals surface area contributed by atoms with E-state index < -0.39 is 11.7 Å². The minimum absolute atomic E-state index is 0.00855. The van der Waals surface area contributed by atoms with E-state index in [0.717, 1.165) is 0 Å². The summed E-state index contributed by atoms with van der Waals surface area (Å²) >= 11 is 0. The first-order chi connectivity index (χ1) is 12.9. The van der Waals surface area contributed by atoms with Crippen LogP contribution < -0.4 is 5.32 Å². The van der Waals surface area contributed by atoms with Crippen molar-refractivity contribution in [2.75, 3.05) is 31.5 Å². The average Bonchev–Trinajstić information content (AvgIpc) is 2.69. The molecule has 2 aromatic rings. The maximum Gasteiger partial charge on any atom is 0.274 e. The first-order valence-electron chi connectivity index (χ1n) is 8.52. The highest BCUT2D eigenvalue weighted by Crippen LogP contribution is 2.13. The number of nitrogens with zero attached hydrogens (tertiary/aromatic N) is 3. The molecule has 1 fully saturated rings. The highest BCUT2D eigenvalue weighted by atomic mass is 19.1. The minimum atomic E-state index is -0.488. The molecule has 1 aromatic heterocycles. The molecule has 140 valence electrons. The number of hydrogen-bond acceptors (Lipinski definition) is 4. The SMILES string of the molecule is CC(=O)N1CCN(C(=O)c2ccnc(C(=O)Nc3ccc(F)cc3)c2)CC1. The first-order valence-corrected chi connectivity index (χ1v) is 8.52. The van der Waals surface area contributed by atoms with E-state index in [1.54, 1.807) is 15.9 Å². The molecule has 0 atom stereocenters. The summed E-state index contributed by atoms with van der Waals surface area (Å²) in [7, 11) is 0. The summed E-state index contributed by atoms with van der Waals surface area (Å²) < 4.78 is 12.9. The molecule has 1 aliphatic rings. The third kappa shape index (κ3) is 4.46. The van der Waals surface area contributed by atoms with Gasteiger partial charge in [0, 0.05) is 50.6 Å². The van der Waals surface area contributed by atoms with Gasteiger partial charge in [-0.1, -0.05) is 0 Å². The maximum absolute atomic E-state index is 12.9. The van der Waals surface area contributed by atoms with Gasteiger partial charge in [0.05, 0.1) is 0 Å². The highest BCUT2D eigenvalue weighted by molar-refractivity contribution is 6.04. The van der Waals surface area contributed by atoms with Gasteiger partial charge >= 0.3 is 0 Å². The Kier molecular flexibility index (Phi) is 5.44. The summed E-state index contributed by atoms with van der Waals surface area (Å²) in [4.78, 5) is 43.7. The summed E-state index contributed by atoms with van der Waals surface area (Å²) in [6.07, 6.45) is 1.40. The van der Waals surface area contributed by atoms with Crippen molar-refractivity contribution in [1.82, 2.24) is 14.8 Å². The van der Waals surface area contributed by atoms with E-state index in [2.05, 4.69) is 10.3 Å². The Morgan fingerprint density at radius 3 is 2.26 bits per heavy atom. The number of amides is 3. The van der Waals surface area contributed by atoms with Gasteiger partial charge in [-0.2, -0.15) is 0 Å². The van der Waals surface area contributed by atoms with Crippen molar-refractivity contribution in [3.8, 4) is 0 Å². The fourth-order valence-electron chi connectivity index (χ4n) is 2.82. The van der Waals surface area contributed by atoms with Crippen LogP contribution in [0, 0.1) is 5.82 Å². The molecular formula is C19H19FN4O3. The molecule has 7 nitrogen and oxygen atoms in total. The molecule has 1 aromatic carbocycles. The van der Waals surface area contributed by atoms with Crippen LogP contribution in [0.2, 0.25) is 0 Å². The van der Waals surface area contributed by atoms with Crippen molar-refractivity contribution in [2.45, 2.75) is 6.92 Å². The average molecular weight is 370 g/mol. The molecule has 0 saturated carbocycles. The second kappa shape index (κ2) is 7.94. The lowest BCUT2D eigenvalue weighted by Crippen LogP contribution is -2.50. The zero-order valence-electron chi connectivity index (χ0n) is 14.8. The molecule has 0 bridgehead atoms. The first kappa shape index (κ1) is 18.5. The quantitative estimate of drug-likeness (QED) is 0.893. The molecular weight excluding hydrogens is 351 g/mol. The number of halogens is 1. The molecule has 0 radical (unpaired) electrons. The number of piperazine rings is 1. The van der Waals surface area contributed by atoms with E-state index >= 15 is 0 Å². The largest absolute Gasteiger partial charge is 0.339 e. The molecule has 0 unspecified atom stereocenters. The van der Waals surface area contributed by atoms with Crippen LogP contribution in [0.25, 0.3) is 0 Å². The Labute approximate surface area is 155 Å². The van der Waals surface area contributed by atoms with E-state index in [4.69, 9.17) is 0 Å². The molecule has 1 N–H and O–H groups in total. The van der Waals surface area contributed by atoms with Crippen LogP contribution in [0.5, 0.6) is 0 Å². The monoisotopic (exact) mass is 370 g/mol. The Bertz CT molecular complexity index is 862. The predicted octanol–water partition coefficient (Wildman–Crippen LogP) is 1.78. The topological polar surface area (TPSA) is 82.6 Å². The maximum atomic E-state index is 12.9. The summed E-state index contributed by atoms with van der Waals surface area (Å²) in [5.41, 5.74) is 0.873. The molecule has 0 aliphatic carbocycles. The molecule has 3 amide bonds.